The first-order valence-corrected chi connectivity index (χ1v) is 25.1. The van der Waals surface area contributed by atoms with Crippen LogP contribution >= 0.6 is 0 Å². The summed E-state index contributed by atoms with van der Waals surface area (Å²) >= 11 is 0. The van der Waals surface area contributed by atoms with E-state index in [1.165, 1.54) is 156 Å². The Hall–Kier alpha value is -7.36. The molecule has 0 unspecified atom stereocenters. The first-order chi connectivity index (χ1) is 33.5. The molecule has 0 fully saturated rings. The van der Waals surface area contributed by atoms with Crippen LogP contribution in [0.4, 0.5) is 34.1 Å². The van der Waals surface area contributed by atoms with Gasteiger partial charge in [0.25, 0.3) is 6.71 Å². The molecule has 0 saturated carbocycles. The van der Waals surface area contributed by atoms with Crippen LogP contribution in [-0.2, 0) is 0 Å². The van der Waals surface area contributed by atoms with Crippen LogP contribution in [0.2, 0.25) is 0 Å². The molecule has 2 aliphatic rings. The Kier molecular flexibility index (Phi) is 10.9. The molecule has 9 aromatic carbocycles. The number of aryl methyl sites for hydroxylation is 13. The molecule has 0 bridgehead atoms. The van der Waals surface area contributed by atoms with Gasteiger partial charge >= 0.3 is 0 Å². The highest BCUT2D eigenvalue weighted by atomic mass is 15.2. The number of rotatable bonds is 6. The van der Waals surface area contributed by atoms with Crippen molar-refractivity contribution in [3.8, 4) is 44.5 Å². The monoisotopic (exact) mass is 907 g/mol. The van der Waals surface area contributed by atoms with E-state index in [2.05, 4.69) is 245 Å². The highest BCUT2D eigenvalue weighted by Gasteiger charge is 2.44. The normalized spacial score (nSPS) is 12.6. The summed E-state index contributed by atoms with van der Waals surface area (Å²) in [5.74, 6) is 0. The molecule has 344 valence electrons. The fourth-order valence-corrected chi connectivity index (χ4v) is 13.1. The van der Waals surface area contributed by atoms with Crippen LogP contribution in [0.5, 0.6) is 0 Å². The Balaban J connectivity index is 1.22. The van der Waals surface area contributed by atoms with E-state index < -0.39 is 0 Å². The van der Waals surface area contributed by atoms with Crippen molar-refractivity contribution in [1.82, 2.24) is 0 Å². The Labute approximate surface area is 417 Å². The Bertz CT molecular complexity index is 3340. The first kappa shape index (κ1) is 45.1. The van der Waals surface area contributed by atoms with Gasteiger partial charge in [-0.3, -0.25) is 0 Å². The molecular weight excluding hydrogens is 844 g/mol. The molecule has 0 spiro atoms. The maximum Gasteiger partial charge on any atom is 0.252 e. The van der Waals surface area contributed by atoms with E-state index in [0.29, 0.717) is 0 Å². The van der Waals surface area contributed by atoms with Crippen LogP contribution in [0, 0.1) is 90.0 Å². The van der Waals surface area contributed by atoms with E-state index >= 15 is 0 Å². The van der Waals surface area contributed by atoms with Crippen LogP contribution in [0.15, 0.2) is 146 Å². The lowest BCUT2D eigenvalue weighted by molar-refractivity contribution is 1.23. The van der Waals surface area contributed by atoms with Gasteiger partial charge in [0.1, 0.15) is 0 Å². The van der Waals surface area contributed by atoms with Gasteiger partial charge in [-0.25, -0.2) is 0 Å². The standard InChI is InChI=1S/C67H63BN2/c1-38-24-43(6)63(44(7)25-38)51-16-14-18-55(34-51)69-59-36-53(65-47(10)28-40(3)29-48(65)11)20-22-57(59)68-58-23-21-54(66-49(12)30-41(4)31-50(66)13)37-60(58)70(62-33-42(5)32-61(69)67(62)68)56-19-15-17-52(35-56)64-45(8)26-39(2)27-46(64)9/h14-37H,1-13H3. The zero-order valence-corrected chi connectivity index (χ0v) is 43.3. The minimum atomic E-state index is -0.0128. The van der Waals surface area contributed by atoms with Gasteiger partial charge in [-0.05, 0) is 250 Å². The molecule has 2 heterocycles. The van der Waals surface area contributed by atoms with Crippen molar-refractivity contribution in [3.05, 3.63) is 218 Å². The summed E-state index contributed by atoms with van der Waals surface area (Å²) in [5.41, 5.74) is 38.2. The molecule has 0 amide bonds. The summed E-state index contributed by atoms with van der Waals surface area (Å²) in [4.78, 5) is 5.18. The molecule has 0 radical (unpaired) electrons. The van der Waals surface area contributed by atoms with Crippen molar-refractivity contribution >= 4 is 57.2 Å². The molecular formula is C67H63BN2. The topological polar surface area (TPSA) is 6.48 Å². The van der Waals surface area contributed by atoms with Crippen molar-refractivity contribution in [2.45, 2.75) is 90.0 Å². The molecule has 0 atom stereocenters. The second kappa shape index (κ2) is 17.0. The van der Waals surface area contributed by atoms with Gasteiger partial charge in [0, 0.05) is 34.1 Å². The minimum Gasteiger partial charge on any atom is -0.311 e. The lowest BCUT2D eigenvalue weighted by atomic mass is 9.33. The van der Waals surface area contributed by atoms with Crippen molar-refractivity contribution in [2.75, 3.05) is 9.80 Å². The van der Waals surface area contributed by atoms with E-state index in [4.69, 9.17) is 0 Å². The quantitative estimate of drug-likeness (QED) is 0.153. The van der Waals surface area contributed by atoms with Gasteiger partial charge in [0.15, 0.2) is 0 Å². The van der Waals surface area contributed by atoms with Crippen LogP contribution in [0.3, 0.4) is 0 Å². The second-order valence-electron chi connectivity index (χ2n) is 21.1. The molecule has 2 nitrogen and oxygen atoms in total. The summed E-state index contributed by atoms with van der Waals surface area (Å²) in [7, 11) is 0. The van der Waals surface area contributed by atoms with Gasteiger partial charge in [-0.1, -0.05) is 119 Å². The Morgan fingerprint density at radius 2 is 0.557 bits per heavy atom. The van der Waals surface area contributed by atoms with Crippen molar-refractivity contribution < 1.29 is 0 Å². The zero-order valence-electron chi connectivity index (χ0n) is 43.3. The summed E-state index contributed by atoms with van der Waals surface area (Å²) in [6.45, 7) is 29.2. The fraction of sp³-hybridized carbons (Fsp3) is 0.194. The van der Waals surface area contributed by atoms with Crippen LogP contribution in [0.1, 0.15) is 72.3 Å². The highest BCUT2D eigenvalue weighted by molar-refractivity contribution is 7.00. The van der Waals surface area contributed by atoms with E-state index in [1.54, 1.807) is 0 Å². The number of fused-ring (bicyclic) bond motifs is 4. The predicted octanol–water partition coefficient (Wildman–Crippen LogP) is 16.4. The molecule has 2 aliphatic heterocycles. The highest BCUT2D eigenvalue weighted by Crippen LogP contribution is 2.48. The second-order valence-corrected chi connectivity index (χ2v) is 21.1. The van der Waals surface area contributed by atoms with Gasteiger partial charge in [0.05, 0.1) is 0 Å². The summed E-state index contributed by atoms with van der Waals surface area (Å²) in [5, 5.41) is 0. The first-order valence-electron chi connectivity index (χ1n) is 25.1. The van der Waals surface area contributed by atoms with Gasteiger partial charge in [0.2, 0.25) is 0 Å². The minimum absolute atomic E-state index is 0.0128. The van der Waals surface area contributed by atoms with Gasteiger partial charge < -0.3 is 9.80 Å². The number of anilines is 6. The summed E-state index contributed by atoms with van der Waals surface area (Å²) in [6.07, 6.45) is 0. The van der Waals surface area contributed by atoms with Gasteiger partial charge in [-0.15, -0.1) is 0 Å². The number of benzene rings is 9. The summed E-state index contributed by atoms with van der Waals surface area (Å²) < 4.78 is 0. The van der Waals surface area contributed by atoms with Crippen LogP contribution < -0.4 is 26.2 Å². The molecule has 11 rings (SSSR count). The van der Waals surface area contributed by atoms with E-state index in [-0.39, 0.29) is 6.71 Å². The molecule has 0 saturated heterocycles. The third-order valence-electron chi connectivity index (χ3n) is 15.3. The maximum absolute atomic E-state index is 2.59. The lowest BCUT2D eigenvalue weighted by Gasteiger charge is -2.44. The smallest absolute Gasteiger partial charge is 0.252 e. The van der Waals surface area contributed by atoms with Crippen molar-refractivity contribution in [2.24, 2.45) is 0 Å². The van der Waals surface area contributed by atoms with Crippen molar-refractivity contribution in [3.63, 3.8) is 0 Å². The predicted molar refractivity (Wildman–Crippen MR) is 304 cm³/mol. The zero-order chi connectivity index (χ0) is 49.0. The average Bonchev–Trinajstić information content (AvgIpc) is 3.27. The van der Waals surface area contributed by atoms with Crippen LogP contribution in [-0.4, -0.2) is 6.71 Å². The molecule has 3 heteroatoms. The maximum atomic E-state index is 2.59. The van der Waals surface area contributed by atoms with Crippen molar-refractivity contribution in [1.29, 1.82) is 0 Å². The SMILES string of the molecule is Cc1cc(C)c(-c2cccc(N3c4cc(-c5c(C)cc(C)cc5C)ccc4B4c5ccc(-c6c(C)cc(C)cc6C)cc5N(c5cccc(-c6c(C)cc(C)cc6C)c5)c5cc(C)cc3c54)c2)c(C)c1. The van der Waals surface area contributed by atoms with E-state index in [0.717, 1.165) is 11.4 Å². The average molecular weight is 907 g/mol. The number of hydrogen-bond acceptors (Lipinski definition) is 2. The van der Waals surface area contributed by atoms with E-state index in [1.807, 2.05) is 0 Å². The van der Waals surface area contributed by atoms with Crippen LogP contribution in [0.25, 0.3) is 44.5 Å². The third kappa shape index (κ3) is 7.41. The number of hydrogen-bond donors (Lipinski definition) is 0. The van der Waals surface area contributed by atoms with E-state index in [9.17, 15) is 0 Å². The lowest BCUT2D eigenvalue weighted by Crippen LogP contribution is -2.61. The number of nitrogens with zero attached hydrogens (tertiary/aromatic N) is 2. The molecule has 9 aromatic rings. The summed E-state index contributed by atoms with van der Waals surface area (Å²) in [6, 6.07) is 56.8. The largest absolute Gasteiger partial charge is 0.311 e. The molecule has 0 N–H and O–H groups in total. The molecule has 0 aromatic heterocycles. The fourth-order valence-electron chi connectivity index (χ4n) is 13.1. The third-order valence-corrected chi connectivity index (χ3v) is 15.3. The molecule has 70 heavy (non-hydrogen) atoms. The Morgan fingerprint density at radius 1 is 0.271 bits per heavy atom. The molecule has 0 aliphatic carbocycles. The Morgan fingerprint density at radius 3 is 0.871 bits per heavy atom. The van der Waals surface area contributed by atoms with Gasteiger partial charge in [-0.2, -0.15) is 0 Å².